The third-order valence-corrected chi connectivity index (χ3v) is 4.39. The molecule has 0 radical (unpaired) electrons. The van der Waals surface area contributed by atoms with Crippen molar-refractivity contribution in [1.29, 1.82) is 0 Å². The molecule has 0 fully saturated rings. The number of hydrogen-bond donors (Lipinski definition) is 3. The monoisotopic (exact) mass is 365 g/mol. The molecule has 7 nitrogen and oxygen atoms in total. The average molecular weight is 365 g/mol. The van der Waals surface area contributed by atoms with Crippen LogP contribution >= 0.6 is 0 Å². The van der Waals surface area contributed by atoms with Gasteiger partial charge in [0.2, 0.25) is 5.95 Å². The standard InChI is InChI=1S/C20H23N5O2/c1-20(2,3)11-24-19-23-10-15-14(9-22-17(15)25-19)12-4-5-13-16(8-12)27-7-6-21-18(13)26/h4-5,8-10H,6-7,11H2,1-3H3,(H,21,26)(H2,22,23,24,25). The van der Waals surface area contributed by atoms with E-state index in [0.29, 0.717) is 30.4 Å². The van der Waals surface area contributed by atoms with Crippen LogP contribution in [0.5, 0.6) is 5.75 Å². The summed E-state index contributed by atoms with van der Waals surface area (Å²) in [5, 5.41) is 7.01. The van der Waals surface area contributed by atoms with Gasteiger partial charge in [0, 0.05) is 29.9 Å². The molecule has 0 unspecified atom stereocenters. The number of H-pyrrole nitrogens is 1. The fraction of sp³-hybridized carbons (Fsp3) is 0.350. The number of aromatic amines is 1. The molecule has 3 N–H and O–H groups in total. The highest BCUT2D eigenvalue weighted by Gasteiger charge is 2.18. The SMILES string of the molecule is CC(C)(C)CNc1ncc2c(-c3ccc4c(c3)OCCNC4=O)c[nH]c2n1. The van der Waals surface area contributed by atoms with Gasteiger partial charge in [0.1, 0.15) is 18.0 Å². The molecule has 0 spiro atoms. The number of carbonyl (C=O) groups excluding carboxylic acids is 1. The Morgan fingerprint density at radius 1 is 1.26 bits per heavy atom. The smallest absolute Gasteiger partial charge is 0.255 e. The van der Waals surface area contributed by atoms with Crippen molar-refractivity contribution in [2.45, 2.75) is 20.8 Å². The van der Waals surface area contributed by atoms with Crippen molar-refractivity contribution in [2.75, 3.05) is 25.0 Å². The van der Waals surface area contributed by atoms with Crippen LogP contribution in [0.4, 0.5) is 5.95 Å². The zero-order valence-corrected chi connectivity index (χ0v) is 15.7. The minimum atomic E-state index is -0.106. The average Bonchev–Trinajstić information content (AvgIpc) is 2.96. The van der Waals surface area contributed by atoms with E-state index in [1.807, 2.05) is 24.5 Å². The highest BCUT2D eigenvalue weighted by atomic mass is 16.5. The molecule has 3 heterocycles. The van der Waals surface area contributed by atoms with E-state index >= 15 is 0 Å². The molecule has 7 heteroatoms. The van der Waals surface area contributed by atoms with E-state index in [2.05, 4.69) is 46.4 Å². The minimum absolute atomic E-state index is 0.106. The van der Waals surface area contributed by atoms with E-state index in [-0.39, 0.29) is 11.3 Å². The van der Waals surface area contributed by atoms with Crippen molar-refractivity contribution in [3.05, 3.63) is 36.2 Å². The summed E-state index contributed by atoms with van der Waals surface area (Å²) in [6.07, 6.45) is 3.73. The number of nitrogens with one attached hydrogen (secondary N) is 3. The molecule has 0 aliphatic carbocycles. The van der Waals surface area contributed by atoms with Crippen molar-refractivity contribution in [2.24, 2.45) is 5.41 Å². The number of benzene rings is 1. The van der Waals surface area contributed by atoms with Crippen molar-refractivity contribution in [1.82, 2.24) is 20.3 Å². The van der Waals surface area contributed by atoms with Crippen molar-refractivity contribution in [3.63, 3.8) is 0 Å². The molecule has 0 saturated carbocycles. The summed E-state index contributed by atoms with van der Waals surface area (Å²) in [5.74, 6) is 1.10. The summed E-state index contributed by atoms with van der Waals surface area (Å²) in [4.78, 5) is 24.3. The van der Waals surface area contributed by atoms with Crippen molar-refractivity contribution in [3.8, 4) is 16.9 Å². The van der Waals surface area contributed by atoms with Crippen molar-refractivity contribution >= 4 is 22.9 Å². The summed E-state index contributed by atoms with van der Waals surface area (Å²) in [5.41, 5.74) is 3.40. The van der Waals surface area contributed by atoms with Gasteiger partial charge < -0.3 is 20.4 Å². The predicted octanol–water partition coefficient (Wildman–Crippen LogP) is 3.21. The maximum atomic E-state index is 12.1. The van der Waals surface area contributed by atoms with Crippen LogP contribution < -0.4 is 15.4 Å². The Bertz CT molecular complexity index is 1000. The lowest BCUT2D eigenvalue weighted by Gasteiger charge is -2.18. The number of rotatable bonds is 3. The van der Waals surface area contributed by atoms with Crippen LogP contribution in [-0.4, -0.2) is 40.6 Å². The van der Waals surface area contributed by atoms with Gasteiger partial charge in [-0.25, -0.2) is 4.98 Å². The molecule has 0 atom stereocenters. The van der Waals surface area contributed by atoms with Gasteiger partial charge in [-0.05, 0) is 23.1 Å². The van der Waals surface area contributed by atoms with Crippen LogP contribution in [0.1, 0.15) is 31.1 Å². The quantitative estimate of drug-likeness (QED) is 0.663. The maximum Gasteiger partial charge on any atom is 0.255 e. The number of nitrogens with zero attached hydrogens (tertiary/aromatic N) is 2. The largest absolute Gasteiger partial charge is 0.491 e. The van der Waals surface area contributed by atoms with E-state index in [1.54, 1.807) is 6.07 Å². The summed E-state index contributed by atoms with van der Waals surface area (Å²) in [6, 6.07) is 5.61. The lowest BCUT2D eigenvalue weighted by Crippen LogP contribution is -2.24. The summed E-state index contributed by atoms with van der Waals surface area (Å²) >= 11 is 0. The van der Waals surface area contributed by atoms with E-state index < -0.39 is 0 Å². The zero-order valence-electron chi connectivity index (χ0n) is 15.7. The Morgan fingerprint density at radius 3 is 2.93 bits per heavy atom. The Labute approximate surface area is 157 Å². The van der Waals surface area contributed by atoms with Gasteiger partial charge >= 0.3 is 0 Å². The molecular formula is C20H23N5O2. The molecule has 4 rings (SSSR count). The first-order valence-corrected chi connectivity index (χ1v) is 9.04. The normalized spacial score (nSPS) is 14.3. The second-order valence-corrected chi connectivity index (χ2v) is 7.89. The first kappa shape index (κ1) is 17.3. The fourth-order valence-corrected chi connectivity index (χ4v) is 2.99. The maximum absolute atomic E-state index is 12.1. The van der Waals surface area contributed by atoms with Crippen LogP contribution in [0, 0.1) is 5.41 Å². The van der Waals surface area contributed by atoms with Crippen LogP contribution in [-0.2, 0) is 0 Å². The number of anilines is 1. The fourth-order valence-electron chi connectivity index (χ4n) is 2.99. The van der Waals surface area contributed by atoms with Crippen molar-refractivity contribution < 1.29 is 9.53 Å². The minimum Gasteiger partial charge on any atom is -0.491 e. The summed E-state index contributed by atoms with van der Waals surface area (Å²) in [6.45, 7) is 8.23. The second kappa shape index (κ2) is 6.57. The van der Waals surface area contributed by atoms with Crippen LogP contribution in [0.25, 0.3) is 22.2 Å². The molecule has 27 heavy (non-hydrogen) atoms. The van der Waals surface area contributed by atoms with Crippen LogP contribution in [0.15, 0.2) is 30.6 Å². The predicted molar refractivity (Wildman–Crippen MR) is 105 cm³/mol. The molecule has 140 valence electrons. The summed E-state index contributed by atoms with van der Waals surface area (Å²) < 4.78 is 5.72. The molecular weight excluding hydrogens is 342 g/mol. The molecule has 0 saturated heterocycles. The number of carbonyl (C=O) groups is 1. The lowest BCUT2D eigenvalue weighted by atomic mass is 9.97. The topological polar surface area (TPSA) is 91.9 Å². The Hall–Kier alpha value is -3.09. The summed E-state index contributed by atoms with van der Waals surface area (Å²) in [7, 11) is 0. The molecule has 1 aliphatic heterocycles. The number of ether oxygens (including phenoxy) is 1. The van der Waals surface area contributed by atoms with Crippen LogP contribution in [0.3, 0.4) is 0 Å². The van der Waals surface area contributed by atoms with Gasteiger partial charge in [0.25, 0.3) is 5.91 Å². The Morgan fingerprint density at radius 2 is 2.11 bits per heavy atom. The van der Waals surface area contributed by atoms with E-state index in [4.69, 9.17) is 4.74 Å². The molecule has 1 aromatic carbocycles. The lowest BCUT2D eigenvalue weighted by molar-refractivity contribution is 0.0957. The van der Waals surface area contributed by atoms with Gasteiger partial charge in [-0.15, -0.1) is 0 Å². The number of amides is 1. The zero-order chi connectivity index (χ0) is 19.0. The number of hydrogen-bond acceptors (Lipinski definition) is 5. The number of fused-ring (bicyclic) bond motifs is 2. The van der Waals surface area contributed by atoms with Gasteiger partial charge in [-0.2, -0.15) is 4.98 Å². The van der Waals surface area contributed by atoms with Gasteiger partial charge in [0.15, 0.2) is 0 Å². The molecule has 0 bridgehead atoms. The first-order valence-electron chi connectivity index (χ1n) is 9.04. The molecule has 1 amide bonds. The van der Waals surface area contributed by atoms with E-state index in [1.165, 1.54) is 0 Å². The third-order valence-electron chi connectivity index (χ3n) is 4.39. The number of aromatic nitrogens is 3. The van der Waals surface area contributed by atoms with Crippen LogP contribution in [0.2, 0.25) is 0 Å². The Kier molecular flexibility index (Phi) is 4.22. The van der Waals surface area contributed by atoms with Gasteiger partial charge in [-0.3, -0.25) is 4.79 Å². The Balaban J connectivity index is 1.66. The van der Waals surface area contributed by atoms with E-state index in [9.17, 15) is 4.79 Å². The van der Waals surface area contributed by atoms with E-state index in [0.717, 1.165) is 28.7 Å². The molecule has 2 aromatic heterocycles. The highest BCUT2D eigenvalue weighted by molar-refractivity contribution is 5.99. The second-order valence-electron chi connectivity index (χ2n) is 7.89. The van der Waals surface area contributed by atoms with Gasteiger partial charge in [-0.1, -0.05) is 26.8 Å². The highest BCUT2D eigenvalue weighted by Crippen LogP contribution is 2.32. The third kappa shape index (κ3) is 3.58. The van der Waals surface area contributed by atoms with Gasteiger partial charge in [0.05, 0.1) is 12.1 Å². The molecule has 1 aliphatic rings. The first-order chi connectivity index (χ1) is 12.9. The molecule has 3 aromatic rings.